The molecular formula is C10H9BrN2. The van der Waals surface area contributed by atoms with E-state index in [4.69, 9.17) is 5.73 Å². The average Bonchev–Trinajstić information content (AvgIpc) is 2.17. The van der Waals surface area contributed by atoms with Gasteiger partial charge >= 0.3 is 0 Å². The van der Waals surface area contributed by atoms with E-state index >= 15 is 0 Å². The van der Waals surface area contributed by atoms with Crippen molar-refractivity contribution in [3.63, 3.8) is 0 Å². The molecule has 0 bridgehead atoms. The smallest absolute Gasteiger partial charge is 0.0545 e. The first kappa shape index (κ1) is 8.66. The van der Waals surface area contributed by atoms with E-state index in [1.165, 1.54) is 5.39 Å². The van der Waals surface area contributed by atoms with E-state index in [0.29, 0.717) is 6.54 Å². The number of nitrogens with zero attached hydrogens (tertiary/aromatic N) is 1. The van der Waals surface area contributed by atoms with Crippen molar-refractivity contribution in [2.75, 3.05) is 0 Å². The van der Waals surface area contributed by atoms with Crippen LogP contribution < -0.4 is 5.73 Å². The molecule has 1 aromatic heterocycles. The molecule has 3 heteroatoms. The molecule has 0 aliphatic heterocycles. The number of halogens is 1. The zero-order chi connectivity index (χ0) is 9.26. The van der Waals surface area contributed by atoms with Crippen LogP contribution in [-0.2, 0) is 6.54 Å². The molecule has 0 spiro atoms. The van der Waals surface area contributed by atoms with Gasteiger partial charge < -0.3 is 5.73 Å². The molecule has 0 amide bonds. The first-order chi connectivity index (χ1) is 6.29. The van der Waals surface area contributed by atoms with Crippen molar-refractivity contribution in [2.24, 2.45) is 5.73 Å². The third kappa shape index (κ3) is 1.71. The monoisotopic (exact) mass is 236 g/mol. The maximum atomic E-state index is 5.50. The van der Waals surface area contributed by atoms with Crippen molar-refractivity contribution in [3.05, 3.63) is 40.6 Å². The van der Waals surface area contributed by atoms with E-state index in [2.05, 4.69) is 27.0 Å². The lowest BCUT2D eigenvalue weighted by atomic mass is 10.1. The first-order valence-corrected chi connectivity index (χ1v) is 4.83. The molecule has 1 aromatic carbocycles. The van der Waals surface area contributed by atoms with Gasteiger partial charge in [0, 0.05) is 22.6 Å². The fourth-order valence-corrected chi connectivity index (χ4v) is 1.65. The molecule has 2 aromatic rings. The summed E-state index contributed by atoms with van der Waals surface area (Å²) in [7, 11) is 0. The molecule has 0 aliphatic carbocycles. The number of benzene rings is 1. The molecule has 0 atom stereocenters. The van der Waals surface area contributed by atoms with Gasteiger partial charge in [0.05, 0.1) is 5.69 Å². The number of aromatic nitrogens is 1. The van der Waals surface area contributed by atoms with Crippen LogP contribution in [0.1, 0.15) is 5.69 Å². The highest BCUT2D eigenvalue weighted by molar-refractivity contribution is 9.10. The standard InChI is InChI=1S/C10H9BrN2/c11-9-2-1-7-4-10(5-12)13-6-8(7)3-9/h1-4,6H,5,12H2. The number of hydrogen-bond donors (Lipinski definition) is 1. The van der Waals surface area contributed by atoms with Gasteiger partial charge in [-0.1, -0.05) is 22.0 Å². The van der Waals surface area contributed by atoms with Gasteiger partial charge in [0.15, 0.2) is 0 Å². The normalized spacial score (nSPS) is 10.6. The van der Waals surface area contributed by atoms with E-state index < -0.39 is 0 Å². The summed E-state index contributed by atoms with van der Waals surface area (Å²) in [4.78, 5) is 4.22. The third-order valence-corrected chi connectivity index (χ3v) is 2.44. The summed E-state index contributed by atoms with van der Waals surface area (Å²) in [6.45, 7) is 0.492. The Labute approximate surface area is 84.9 Å². The summed E-state index contributed by atoms with van der Waals surface area (Å²) in [6.07, 6.45) is 1.85. The molecule has 0 unspecified atom stereocenters. The maximum Gasteiger partial charge on any atom is 0.0545 e. The first-order valence-electron chi connectivity index (χ1n) is 4.04. The molecule has 0 saturated carbocycles. The van der Waals surface area contributed by atoms with Crippen LogP contribution in [0, 0.1) is 0 Å². The second-order valence-corrected chi connectivity index (χ2v) is 3.79. The Kier molecular flexibility index (Phi) is 2.29. The molecule has 0 fully saturated rings. The quantitative estimate of drug-likeness (QED) is 0.827. The highest BCUT2D eigenvalue weighted by atomic mass is 79.9. The number of hydrogen-bond acceptors (Lipinski definition) is 2. The molecule has 2 rings (SSSR count). The minimum Gasteiger partial charge on any atom is -0.325 e. The molecule has 2 N–H and O–H groups in total. The van der Waals surface area contributed by atoms with Crippen LogP contribution in [0.25, 0.3) is 10.8 Å². The van der Waals surface area contributed by atoms with E-state index in [9.17, 15) is 0 Å². The largest absolute Gasteiger partial charge is 0.325 e. The Bertz CT molecular complexity index is 440. The van der Waals surface area contributed by atoms with Crippen molar-refractivity contribution in [1.29, 1.82) is 0 Å². The van der Waals surface area contributed by atoms with Gasteiger partial charge in [0.25, 0.3) is 0 Å². The van der Waals surface area contributed by atoms with Crippen molar-refractivity contribution < 1.29 is 0 Å². The molecule has 1 heterocycles. The molecule has 66 valence electrons. The van der Waals surface area contributed by atoms with Gasteiger partial charge in [0.2, 0.25) is 0 Å². The van der Waals surface area contributed by atoms with E-state index in [1.54, 1.807) is 0 Å². The van der Waals surface area contributed by atoms with Gasteiger partial charge in [-0.25, -0.2) is 0 Å². The number of fused-ring (bicyclic) bond motifs is 1. The summed E-state index contributed by atoms with van der Waals surface area (Å²) in [5, 5.41) is 2.31. The van der Waals surface area contributed by atoms with Crippen molar-refractivity contribution in [2.45, 2.75) is 6.54 Å². The lowest BCUT2D eigenvalue weighted by Crippen LogP contribution is -1.98. The third-order valence-electron chi connectivity index (χ3n) is 1.95. The maximum absolute atomic E-state index is 5.50. The predicted molar refractivity (Wildman–Crippen MR) is 57.3 cm³/mol. The molecule has 0 aliphatic rings. The van der Waals surface area contributed by atoms with E-state index in [1.807, 2.05) is 24.4 Å². The molecule has 0 radical (unpaired) electrons. The Balaban J connectivity index is 2.66. The lowest BCUT2D eigenvalue weighted by molar-refractivity contribution is 0.998. The number of pyridine rings is 1. The lowest BCUT2D eigenvalue weighted by Gasteiger charge is -2.00. The van der Waals surface area contributed by atoms with Crippen LogP contribution in [0.3, 0.4) is 0 Å². The second-order valence-electron chi connectivity index (χ2n) is 2.87. The van der Waals surface area contributed by atoms with Crippen LogP contribution in [0.4, 0.5) is 0 Å². The second kappa shape index (κ2) is 3.44. The Morgan fingerprint density at radius 3 is 2.85 bits per heavy atom. The van der Waals surface area contributed by atoms with E-state index in [0.717, 1.165) is 15.6 Å². The van der Waals surface area contributed by atoms with Crippen LogP contribution >= 0.6 is 15.9 Å². The van der Waals surface area contributed by atoms with Crippen molar-refractivity contribution >= 4 is 26.7 Å². The zero-order valence-corrected chi connectivity index (χ0v) is 8.58. The predicted octanol–water partition coefficient (Wildman–Crippen LogP) is 2.46. The van der Waals surface area contributed by atoms with Gasteiger partial charge in [-0.2, -0.15) is 0 Å². The highest BCUT2D eigenvalue weighted by Gasteiger charge is 1.96. The zero-order valence-electron chi connectivity index (χ0n) is 7.00. The molecule has 13 heavy (non-hydrogen) atoms. The summed E-state index contributed by atoms with van der Waals surface area (Å²) < 4.78 is 1.07. The van der Waals surface area contributed by atoms with Crippen LogP contribution in [0.5, 0.6) is 0 Å². The fraction of sp³-hybridized carbons (Fsp3) is 0.100. The van der Waals surface area contributed by atoms with Gasteiger partial charge in [-0.05, 0) is 23.6 Å². The number of rotatable bonds is 1. The van der Waals surface area contributed by atoms with Gasteiger partial charge in [0.1, 0.15) is 0 Å². The van der Waals surface area contributed by atoms with Crippen LogP contribution in [-0.4, -0.2) is 4.98 Å². The Morgan fingerprint density at radius 2 is 2.08 bits per heavy atom. The SMILES string of the molecule is NCc1cc2ccc(Br)cc2cn1. The van der Waals surface area contributed by atoms with Crippen molar-refractivity contribution in [1.82, 2.24) is 4.98 Å². The summed E-state index contributed by atoms with van der Waals surface area (Å²) >= 11 is 3.42. The summed E-state index contributed by atoms with van der Waals surface area (Å²) in [6, 6.07) is 8.13. The number of nitrogens with two attached hydrogens (primary N) is 1. The van der Waals surface area contributed by atoms with Gasteiger partial charge in [-0.3, -0.25) is 4.98 Å². The fourth-order valence-electron chi connectivity index (χ4n) is 1.27. The summed E-state index contributed by atoms with van der Waals surface area (Å²) in [5.41, 5.74) is 6.42. The molecular weight excluding hydrogens is 228 g/mol. The Morgan fingerprint density at radius 1 is 1.23 bits per heavy atom. The van der Waals surface area contributed by atoms with Crippen LogP contribution in [0.15, 0.2) is 34.9 Å². The highest BCUT2D eigenvalue weighted by Crippen LogP contribution is 2.19. The van der Waals surface area contributed by atoms with Crippen molar-refractivity contribution in [3.8, 4) is 0 Å². The Hall–Kier alpha value is -0.930. The minimum atomic E-state index is 0.492. The molecule has 0 saturated heterocycles. The summed E-state index contributed by atoms with van der Waals surface area (Å²) in [5.74, 6) is 0. The average molecular weight is 237 g/mol. The van der Waals surface area contributed by atoms with E-state index in [-0.39, 0.29) is 0 Å². The van der Waals surface area contributed by atoms with Crippen LogP contribution in [0.2, 0.25) is 0 Å². The van der Waals surface area contributed by atoms with Gasteiger partial charge in [-0.15, -0.1) is 0 Å². The minimum absolute atomic E-state index is 0.492. The molecule has 2 nitrogen and oxygen atoms in total. The topological polar surface area (TPSA) is 38.9 Å².